The highest BCUT2D eigenvalue weighted by molar-refractivity contribution is 7.80. The Bertz CT molecular complexity index is 491. The fourth-order valence-corrected chi connectivity index (χ4v) is 2.74. The van der Waals surface area contributed by atoms with Crippen LogP contribution in [-0.2, 0) is 4.74 Å². The average Bonchev–Trinajstić information content (AvgIpc) is 2.47. The van der Waals surface area contributed by atoms with Crippen molar-refractivity contribution in [2.45, 2.75) is 12.8 Å². The number of hydrogen-bond acceptors (Lipinski definition) is 5. The Morgan fingerprint density at radius 1 is 1.45 bits per heavy atom. The van der Waals surface area contributed by atoms with E-state index in [-0.39, 0.29) is 16.1 Å². The Morgan fingerprint density at radius 3 is 2.70 bits per heavy atom. The lowest BCUT2D eigenvalue weighted by Crippen LogP contribution is -2.36. The van der Waals surface area contributed by atoms with Crippen LogP contribution in [0.3, 0.4) is 0 Å². The smallest absolute Gasteiger partial charge is 0.271 e. The number of non-ortho nitro benzene ring substituents is 1. The molecule has 0 bridgehead atoms. The molecule has 7 heteroatoms. The van der Waals surface area contributed by atoms with Gasteiger partial charge in [-0.25, -0.2) is 0 Å². The van der Waals surface area contributed by atoms with Crippen LogP contribution in [0.1, 0.15) is 12.8 Å². The maximum absolute atomic E-state index is 10.6. The molecular weight excluding hydrogens is 302 g/mol. The Morgan fingerprint density at radius 2 is 2.15 bits per heavy atom. The number of ether oxygens (including phenoxy) is 2. The summed E-state index contributed by atoms with van der Waals surface area (Å²) in [7, 11) is 0. The molecule has 0 spiro atoms. The van der Waals surface area contributed by atoms with E-state index in [0.29, 0.717) is 31.3 Å². The molecule has 1 aromatic rings. The molecule has 110 valence electrons. The van der Waals surface area contributed by atoms with Crippen molar-refractivity contribution in [3.63, 3.8) is 0 Å². The molecule has 0 N–H and O–H groups in total. The summed E-state index contributed by atoms with van der Waals surface area (Å²) in [5.41, 5.74) is -0.0655. The van der Waals surface area contributed by atoms with Crippen LogP contribution in [0.5, 0.6) is 5.75 Å². The SMILES string of the molecule is O=[N+]([O-])c1ccc(OCC2(CS)CCOCC2)c(Cl)c1. The topological polar surface area (TPSA) is 61.6 Å². The van der Waals surface area contributed by atoms with E-state index in [2.05, 4.69) is 12.6 Å². The summed E-state index contributed by atoms with van der Waals surface area (Å²) in [6.07, 6.45) is 1.78. The average molecular weight is 318 g/mol. The molecule has 0 radical (unpaired) electrons. The summed E-state index contributed by atoms with van der Waals surface area (Å²) in [6.45, 7) is 1.90. The van der Waals surface area contributed by atoms with E-state index >= 15 is 0 Å². The van der Waals surface area contributed by atoms with E-state index < -0.39 is 4.92 Å². The van der Waals surface area contributed by atoms with Gasteiger partial charge in [0.1, 0.15) is 5.75 Å². The van der Waals surface area contributed by atoms with Crippen LogP contribution in [0.2, 0.25) is 5.02 Å². The van der Waals surface area contributed by atoms with Crippen LogP contribution in [0.4, 0.5) is 5.69 Å². The number of thiol groups is 1. The first-order chi connectivity index (χ1) is 9.56. The van der Waals surface area contributed by atoms with Crippen LogP contribution in [0, 0.1) is 15.5 Å². The molecule has 1 aliphatic rings. The predicted octanol–water partition coefficient (Wildman–Crippen LogP) is 3.35. The molecule has 0 aliphatic carbocycles. The maximum atomic E-state index is 10.6. The molecular formula is C13H16ClNO4S. The van der Waals surface area contributed by atoms with Gasteiger partial charge in [-0.05, 0) is 24.7 Å². The Balaban J connectivity index is 2.04. The summed E-state index contributed by atoms with van der Waals surface area (Å²) in [5.74, 6) is 1.17. The number of hydrogen-bond donors (Lipinski definition) is 1. The molecule has 0 atom stereocenters. The molecule has 1 saturated heterocycles. The number of benzene rings is 1. The molecule has 0 aromatic heterocycles. The van der Waals surface area contributed by atoms with Crippen LogP contribution in [0.25, 0.3) is 0 Å². The van der Waals surface area contributed by atoms with Gasteiger partial charge in [0.05, 0.1) is 16.6 Å². The van der Waals surface area contributed by atoms with Crippen molar-refractivity contribution in [2.75, 3.05) is 25.6 Å². The van der Waals surface area contributed by atoms with Crippen LogP contribution >= 0.6 is 24.2 Å². The van der Waals surface area contributed by atoms with Crippen molar-refractivity contribution in [2.24, 2.45) is 5.41 Å². The monoisotopic (exact) mass is 317 g/mol. The Labute approximate surface area is 127 Å². The Kier molecular flexibility index (Phi) is 5.12. The highest BCUT2D eigenvalue weighted by atomic mass is 35.5. The summed E-state index contributed by atoms with van der Waals surface area (Å²) in [6, 6.07) is 4.22. The minimum atomic E-state index is -0.483. The predicted molar refractivity (Wildman–Crippen MR) is 79.9 cm³/mol. The highest BCUT2D eigenvalue weighted by Crippen LogP contribution is 2.35. The lowest BCUT2D eigenvalue weighted by atomic mass is 9.83. The second-order valence-electron chi connectivity index (χ2n) is 4.93. The van der Waals surface area contributed by atoms with E-state index in [9.17, 15) is 10.1 Å². The normalized spacial score (nSPS) is 17.7. The van der Waals surface area contributed by atoms with Crippen LogP contribution in [0.15, 0.2) is 18.2 Å². The van der Waals surface area contributed by atoms with Crippen molar-refractivity contribution in [1.29, 1.82) is 0 Å². The van der Waals surface area contributed by atoms with Gasteiger partial charge in [0.25, 0.3) is 5.69 Å². The first kappa shape index (κ1) is 15.4. The summed E-state index contributed by atoms with van der Waals surface area (Å²) in [4.78, 5) is 10.2. The number of rotatable bonds is 5. The fraction of sp³-hybridized carbons (Fsp3) is 0.538. The Hall–Kier alpha value is -0.980. The van der Waals surface area contributed by atoms with Crippen molar-refractivity contribution < 1.29 is 14.4 Å². The first-order valence-corrected chi connectivity index (χ1v) is 7.33. The second kappa shape index (κ2) is 6.65. The maximum Gasteiger partial charge on any atom is 0.271 e. The zero-order chi connectivity index (χ0) is 14.6. The van der Waals surface area contributed by atoms with Crippen molar-refractivity contribution in [1.82, 2.24) is 0 Å². The molecule has 2 rings (SSSR count). The van der Waals surface area contributed by atoms with Gasteiger partial charge in [-0.3, -0.25) is 10.1 Å². The van der Waals surface area contributed by atoms with Crippen molar-refractivity contribution in [3.05, 3.63) is 33.3 Å². The van der Waals surface area contributed by atoms with Gasteiger partial charge in [-0.2, -0.15) is 12.6 Å². The summed E-state index contributed by atoms with van der Waals surface area (Å²) in [5, 5.41) is 10.9. The molecule has 1 heterocycles. The van der Waals surface area contributed by atoms with Gasteiger partial charge in [0.2, 0.25) is 0 Å². The van der Waals surface area contributed by atoms with E-state index in [4.69, 9.17) is 21.1 Å². The van der Waals surface area contributed by atoms with E-state index in [1.54, 1.807) is 0 Å². The highest BCUT2D eigenvalue weighted by Gasteiger charge is 2.32. The van der Waals surface area contributed by atoms with Gasteiger partial charge in [-0.1, -0.05) is 11.6 Å². The third-order valence-corrected chi connectivity index (χ3v) is 4.52. The third-order valence-electron chi connectivity index (χ3n) is 3.55. The van der Waals surface area contributed by atoms with Gasteiger partial charge in [-0.15, -0.1) is 0 Å². The minimum Gasteiger partial charge on any atom is -0.491 e. The number of halogens is 1. The zero-order valence-electron chi connectivity index (χ0n) is 10.9. The number of nitro groups is 1. The van der Waals surface area contributed by atoms with Gasteiger partial charge in [0, 0.05) is 30.8 Å². The van der Waals surface area contributed by atoms with Crippen molar-refractivity contribution in [3.8, 4) is 5.75 Å². The lowest BCUT2D eigenvalue weighted by molar-refractivity contribution is -0.384. The van der Waals surface area contributed by atoms with Gasteiger partial charge >= 0.3 is 0 Å². The molecule has 0 saturated carbocycles. The molecule has 5 nitrogen and oxygen atoms in total. The van der Waals surface area contributed by atoms with Crippen LogP contribution < -0.4 is 4.74 Å². The number of nitrogens with zero attached hydrogens (tertiary/aromatic N) is 1. The molecule has 1 aliphatic heterocycles. The minimum absolute atomic E-state index is 0.0214. The molecule has 1 fully saturated rings. The molecule has 0 unspecified atom stereocenters. The van der Waals surface area contributed by atoms with Crippen LogP contribution in [-0.4, -0.2) is 30.5 Å². The first-order valence-electron chi connectivity index (χ1n) is 6.32. The molecule has 1 aromatic carbocycles. The van der Waals surface area contributed by atoms with E-state index in [1.807, 2.05) is 0 Å². The van der Waals surface area contributed by atoms with E-state index in [1.165, 1.54) is 18.2 Å². The summed E-state index contributed by atoms with van der Waals surface area (Å²) >= 11 is 10.4. The van der Waals surface area contributed by atoms with E-state index in [0.717, 1.165) is 12.8 Å². The largest absolute Gasteiger partial charge is 0.491 e. The quantitative estimate of drug-likeness (QED) is 0.514. The standard InChI is InChI=1S/C13H16ClNO4S/c14-11-7-10(15(16)17)1-2-12(11)19-8-13(9-20)3-5-18-6-4-13/h1-2,7,20H,3-6,8-9H2. The molecule has 20 heavy (non-hydrogen) atoms. The van der Waals surface area contributed by atoms with Crippen molar-refractivity contribution >= 4 is 29.9 Å². The molecule has 0 amide bonds. The third kappa shape index (κ3) is 3.56. The second-order valence-corrected chi connectivity index (χ2v) is 5.65. The summed E-state index contributed by atoms with van der Waals surface area (Å²) < 4.78 is 11.1. The zero-order valence-corrected chi connectivity index (χ0v) is 12.5. The number of nitro benzene ring substituents is 1. The lowest BCUT2D eigenvalue weighted by Gasteiger charge is -2.35. The van der Waals surface area contributed by atoms with Gasteiger partial charge in [0.15, 0.2) is 0 Å². The fourth-order valence-electron chi connectivity index (χ4n) is 2.10. The van der Waals surface area contributed by atoms with Gasteiger partial charge < -0.3 is 9.47 Å².